The minimum atomic E-state index is 0.825. The van der Waals surface area contributed by atoms with Crippen LogP contribution in [0, 0.1) is 19.3 Å². The summed E-state index contributed by atoms with van der Waals surface area (Å²) in [6.45, 7) is 7.19. The van der Waals surface area contributed by atoms with Crippen LogP contribution in [0.1, 0.15) is 37.3 Å². The Kier molecular flexibility index (Phi) is 4.72. The number of hydrogen-bond donors (Lipinski definition) is 1. The van der Waals surface area contributed by atoms with Gasteiger partial charge in [0.1, 0.15) is 0 Å². The van der Waals surface area contributed by atoms with E-state index in [1.54, 1.807) is 0 Å². The lowest BCUT2D eigenvalue weighted by atomic mass is 10.0. The van der Waals surface area contributed by atoms with Crippen molar-refractivity contribution in [1.29, 1.82) is 5.41 Å². The molecular formula is C17H23N3. The number of rotatable bonds is 6. The summed E-state index contributed by atoms with van der Waals surface area (Å²) in [7, 11) is 0. The number of hydrogen-bond acceptors (Lipinski definition) is 2. The standard InChI is InChI=1S/C17H23N3/c1-4-17(18)6-5-9-20-12-16(11-19-20)15-8-7-13(2)14(3)10-15/h7-8,10-12,18H,4-6,9H2,1-3H3. The molecule has 2 rings (SSSR count). The molecule has 0 saturated heterocycles. The van der Waals surface area contributed by atoms with Crippen LogP contribution in [0.3, 0.4) is 0 Å². The van der Waals surface area contributed by atoms with Crippen LogP contribution in [0.5, 0.6) is 0 Å². The molecule has 0 radical (unpaired) electrons. The van der Waals surface area contributed by atoms with Crippen LogP contribution in [-0.4, -0.2) is 15.5 Å². The Balaban J connectivity index is 2.01. The highest BCUT2D eigenvalue weighted by molar-refractivity contribution is 5.80. The lowest BCUT2D eigenvalue weighted by molar-refractivity contribution is 0.588. The van der Waals surface area contributed by atoms with Crippen LogP contribution < -0.4 is 0 Å². The number of aromatic nitrogens is 2. The molecule has 2 aromatic rings. The Morgan fingerprint density at radius 1 is 1.20 bits per heavy atom. The Morgan fingerprint density at radius 3 is 2.70 bits per heavy atom. The fraction of sp³-hybridized carbons (Fsp3) is 0.412. The Bertz CT molecular complexity index is 596. The minimum absolute atomic E-state index is 0.825. The number of nitrogens with one attached hydrogen (secondary N) is 1. The molecule has 106 valence electrons. The van der Waals surface area contributed by atoms with Crippen LogP contribution in [0.15, 0.2) is 30.6 Å². The summed E-state index contributed by atoms with van der Waals surface area (Å²) in [6.07, 6.45) is 6.73. The van der Waals surface area contributed by atoms with Crippen molar-refractivity contribution in [3.05, 3.63) is 41.7 Å². The molecule has 0 aliphatic carbocycles. The average molecular weight is 269 g/mol. The summed E-state index contributed by atoms with van der Waals surface area (Å²) in [5.74, 6) is 0. The maximum Gasteiger partial charge on any atom is 0.0568 e. The van der Waals surface area contributed by atoms with E-state index in [-0.39, 0.29) is 0 Å². The van der Waals surface area contributed by atoms with Crippen molar-refractivity contribution in [2.75, 3.05) is 0 Å². The molecular weight excluding hydrogens is 246 g/mol. The summed E-state index contributed by atoms with van der Waals surface area (Å²) in [4.78, 5) is 0. The molecule has 3 heteroatoms. The first-order chi connectivity index (χ1) is 9.60. The Labute approximate surface area is 121 Å². The third kappa shape index (κ3) is 3.56. The lowest BCUT2D eigenvalue weighted by Crippen LogP contribution is -2.01. The van der Waals surface area contributed by atoms with Crippen molar-refractivity contribution < 1.29 is 0 Å². The molecule has 1 N–H and O–H groups in total. The monoisotopic (exact) mass is 269 g/mol. The van der Waals surface area contributed by atoms with Gasteiger partial charge in [0.05, 0.1) is 6.20 Å². The quantitative estimate of drug-likeness (QED) is 0.777. The molecule has 20 heavy (non-hydrogen) atoms. The maximum absolute atomic E-state index is 7.66. The Morgan fingerprint density at radius 2 is 2.00 bits per heavy atom. The summed E-state index contributed by atoms with van der Waals surface area (Å²) >= 11 is 0. The molecule has 1 aromatic carbocycles. The topological polar surface area (TPSA) is 41.7 Å². The fourth-order valence-electron chi connectivity index (χ4n) is 2.19. The normalized spacial score (nSPS) is 10.8. The van der Waals surface area contributed by atoms with Crippen molar-refractivity contribution in [3.63, 3.8) is 0 Å². The van der Waals surface area contributed by atoms with Crippen LogP contribution in [0.2, 0.25) is 0 Å². The van der Waals surface area contributed by atoms with E-state index in [1.165, 1.54) is 22.3 Å². The van der Waals surface area contributed by atoms with Gasteiger partial charge in [0.2, 0.25) is 0 Å². The van der Waals surface area contributed by atoms with E-state index in [2.05, 4.69) is 43.3 Å². The zero-order chi connectivity index (χ0) is 14.5. The first-order valence-electron chi connectivity index (χ1n) is 7.26. The van der Waals surface area contributed by atoms with Crippen molar-refractivity contribution >= 4 is 5.71 Å². The molecule has 1 heterocycles. The van der Waals surface area contributed by atoms with Crippen LogP contribution in [0.25, 0.3) is 11.1 Å². The third-order valence-corrected chi connectivity index (χ3v) is 3.77. The summed E-state index contributed by atoms with van der Waals surface area (Å²) < 4.78 is 1.98. The van der Waals surface area contributed by atoms with Crippen LogP contribution in [0.4, 0.5) is 0 Å². The number of nitrogens with zero attached hydrogens (tertiary/aromatic N) is 2. The van der Waals surface area contributed by atoms with E-state index >= 15 is 0 Å². The summed E-state index contributed by atoms with van der Waals surface area (Å²) in [5, 5.41) is 12.1. The summed E-state index contributed by atoms with van der Waals surface area (Å²) in [5.41, 5.74) is 5.84. The highest BCUT2D eigenvalue weighted by atomic mass is 15.3. The predicted octanol–water partition coefficient (Wildman–Crippen LogP) is 4.38. The molecule has 0 saturated carbocycles. The van der Waals surface area contributed by atoms with Gasteiger partial charge in [-0.3, -0.25) is 4.68 Å². The third-order valence-electron chi connectivity index (χ3n) is 3.77. The van der Waals surface area contributed by atoms with Gasteiger partial charge in [0, 0.05) is 24.0 Å². The van der Waals surface area contributed by atoms with Crippen molar-refractivity contribution in [2.45, 2.75) is 46.6 Å². The second kappa shape index (κ2) is 6.51. The van der Waals surface area contributed by atoms with Gasteiger partial charge >= 0.3 is 0 Å². The average Bonchev–Trinajstić information content (AvgIpc) is 2.90. The number of benzene rings is 1. The van der Waals surface area contributed by atoms with Gasteiger partial charge in [-0.1, -0.05) is 25.1 Å². The zero-order valence-corrected chi connectivity index (χ0v) is 12.6. The van der Waals surface area contributed by atoms with Gasteiger partial charge in [-0.15, -0.1) is 0 Å². The van der Waals surface area contributed by atoms with Crippen molar-refractivity contribution in [2.24, 2.45) is 0 Å². The molecule has 0 unspecified atom stereocenters. The molecule has 1 aromatic heterocycles. The predicted molar refractivity (Wildman–Crippen MR) is 84.4 cm³/mol. The van der Waals surface area contributed by atoms with E-state index in [9.17, 15) is 0 Å². The van der Waals surface area contributed by atoms with Gasteiger partial charge < -0.3 is 5.41 Å². The minimum Gasteiger partial charge on any atom is -0.310 e. The van der Waals surface area contributed by atoms with Gasteiger partial charge in [0.25, 0.3) is 0 Å². The largest absolute Gasteiger partial charge is 0.310 e. The zero-order valence-electron chi connectivity index (χ0n) is 12.6. The second-order valence-electron chi connectivity index (χ2n) is 5.35. The molecule has 0 aliphatic rings. The first-order valence-corrected chi connectivity index (χ1v) is 7.26. The molecule has 0 fully saturated rings. The van der Waals surface area contributed by atoms with Crippen molar-refractivity contribution in [3.8, 4) is 11.1 Å². The van der Waals surface area contributed by atoms with E-state index < -0.39 is 0 Å². The summed E-state index contributed by atoms with van der Waals surface area (Å²) in [6, 6.07) is 6.52. The molecule has 0 atom stereocenters. The van der Waals surface area contributed by atoms with E-state index in [0.29, 0.717) is 0 Å². The van der Waals surface area contributed by atoms with E-state index in [0.717, 1.165) is 31.5 Å². The van der Waals surface area contributed by atoms with E-state index in [1.807, 2.05) is 17.8 Å². The van der Waals surface area contributed by atoms with Crippen LogP contribution in [-0.2, 0) is 6.54 Å². The fourth-order valence-corrected chi connectivity index (χ4v) is 2.19. The Hall–Kier alpha value is -1.90. The molecule has 0 bridgehead atoms. The highest BCUT2D eigenvalue weighted by Gasteiger charge is 2.03. The number of aryl methyl sites for hydroxylation is 3. The maximum atomic E-state index is 7.66. The van der Waals surface area contributed by atoms with E-state index in [4.69, 9.17) is 5.41 Å². The molecule has 0 spiro atoms. The SMILES string of the molecule is CCC(=N)CCCn1cc(-c2ccc(C)c(C)c2)cn1. The molecule has 3 nitrogen and oxygen atoms in total. The molecule has 0 amide bonds. The van der Waals surface area contributed by atoms with Gasteiger partial charge in [0.15, 0.2) is 0 Å². The second-order valence-corrected chi connectivity index (χ2v) is 5.35. The van der Waals surface area contributed by atoms with Crippen LogP contribution >= 0.6 is 0 Å². The first kappa shape index (κ1) is 14.5. The van der Waals surface area contributed by atoms with Gasteiger partial charge in [-0.05, 0) is 49.8 Å². The highest BCUT2D eigenvalue weighted by Crippen LogP contribution is 2.21. The van der Waals surface area contributed by atoms with Crippen molar-refractivity contribution in [1.82, 2.24) is 9.78 Å². The lowest BCUT2D eigenvalue weighted by Gasteiger charge is -2.03. The molecule has 0 aliphatic heterocycles. The van der Waals surface area contributed by atoms with Gasteiger partial charge in [-0.25, -0.2) is 0 Å². The van der Waals surface area contributed by atoms with Gasteiger partial charge in [-0.2, -0.15) is 5.10 Å². The smallest absolute Gasteiger partial charge is 0.0568 e.